The summed E-state index contributed by atoms with van der Waals surface area (Å²) in [6, 6.07) is 8.11. The average molecular weight is 501 g/mol. The molecule has 1 aliphatic heterocycles. The van der Waals surface area contributed by atoms with Crippen molar-refractivity contribution in [2.45, 2.75) is 19.4 Å². The van der Waals surface area contributed by atoms with E-state index in [0.717, 1.165) is 36.8 Å². The SMILES string of the molecule is CCNC(=NCCS(C)(=O)=O)NC1CCN(c2cccc(Cl)c2)C1.I. The first-order valence-corrected chi connectivity index (χ1v) is 10.5. The number of sulfone groups is 1. The monoisotopic (exact) mass is 500 g/mol. The van der Waals surface area contributed by atoms with Crippen molar-refractivity contribution in [3.8, 4) is 0 Å². The van der Waals surface area contributed by atoms with Gasteiger partial charge in [-0.15, -0.1) is 24.0 Å². The number of aliphatic imine (C=N–C) groups is 1. The smallest absolute Gasteiger partial charge is 0.191 e. The number of anilines is 1. The van der Waals surface area contributed by atoms with E-state index in [9.17, 15) is 8.42 Å². The second-order valence-corrected chi connectivity index (χ2v) is 8.64. The Morgan fingerprint density at radius 2 is 2.20 bits per heavy atom. The van der Waals surface area contributed by atoms with Crippen molar-refractivity contribution in [3.63, 3.8) is 0 Å². The normalized spacial score (nSPS) is 18.0. The van der Waals surface area contributed by atoms with Gasteiger partial charge in [-0.1, -0.05) is 17.7 Å². The third kappa shape index (κ3) is 8.00. The van der Waals surface area contributed by atoms with Crippen molar-refractivity contribution in [1.29, 1.82) is 0 Å². The van der Waals surface area contributed by atoms with Crippen LogP contribution in [0.15, 0.2) is 29.3 Å². The molecule has 1 fully saturated rings. The van der Waals surface area contributed by atoms with Gasteiger partial charge in [-0.3, -0.25) is 4.99 Å². The van der Waals surface area contributed by atoms with Gasteiger partial charge in [0.1, 0.15) is 9.84 Å². The number of hydrogen-bond donors (Lipinski definition) is 2. The Hall–Kier alpha value is -0.740. The number of guanidine groups is 1. The predicted molar refractivity (Wildman–Crippen MR) is 116 cm³/mol. The van der Waals surface area contributed by atoms with Gasteiger partial charge < -0.3 is 15.5 Å². The lowest BCUT2D eigenvalue weighted by Gasteiger charge is -2.20. The maximum Gasteiger partial charge on any atom is 0.191 e. The summed E-state index contributed by atoms with van der Waals surface area (Å²) in [4.78, 5) is 6.63. The largest absolute Gasteiger partial charge is 0.369 e. The highest BCUT2D eigenvalue weighted by molar-refractivity contribution is 14.0. The van der Waals surface area contributed by atoms with Gasteiger partial charge in [0.2, 0.25) is 0 Å². The fourth-order valence-corrected chi connectivity index (χ4v) is 3.23. The summed E-state index contributed by atoms with van der Waals surface area (Å²) in [6.07, 6.45) is 2.21. The molecule has 0 spiro atoms. The molecule has 0 saturated carbocycles. The number of nitrogens with zero attached hydrogens (tertiary/aromatic N) is 2. The molecule has 6 nitrogen and oxygen atoms in total. The molecule has 1 unspecified atom stereocenters. The zero-order valence-corrected chi connectivity index (χ0v) is 18.4. The molecule has 2 rings (SSSR count). The van der Waals surface area contributed by atoms with Crippen LogP contribution in [0.3, 0.4) is 0 Å². The Morgan fingerprint density at radius 1 is 1.44 bits per heavy atom. The molecule has 1 aliphatic rings. The summed E-state index contributed by atoms with van der Waals surface area (Å²) in [5, 5.41) is 7.29. The van der Waals surface area contributed by atoms with Crippen LogP contribution in [0, 0.1) is 0 Å². The van der Waals surface area contributed by atoms with Gasteiger partial charge in [-0.25, -0.2) is 8.42 Å². The van der Waals surface area contributed by atoms with Crippen LogP contribution < -0.4 is 15.5 Å². The Morgan fingerprint density at radius 3 is 2.84 bits per heavy atom. The van der Waals surface area contributed by atoms with E-state index in [1.165, 1.54) is 6.26 Å². The number of halogens is 2. The summed E-state index contributed by atoms with van der Waals surface area (Å²) in [5.74, 6) is 0.724. The fraction of sp³-hybridized carbons (Fsp3) is 0.562. The lowest BCUT2D eigenvalue weighted by molar-refractivity contribution is 0.601. The van der Waals surface area contributed by atoms with Crippen molar-refractivity contribution in [1.82, 2.24) is 10.6 Å². The van der Waals surface area contributed by atoms with E-state index in [4.69, 9.17) is 11.6 Å². The predicted octanol–water partition coefficient (Wildman–Crippen LogP) is 2.14. The standard InChI is InChI=1S/C16H25ClN4O2S.HI/c1-3-18-16(19-8-10-24(2,22)23)20-14-7-9-21(12-14)15-6-4-5-13(17)11-15;/h4-6,11,14H,3,7-10,12H2,1-2H3,(H2,18,19,20);1H. The van der Waals surface area contributed by atoms with Crippen LogP contribution in [-0.2, 0) is 9.84 Å². The highest BCUT2D eigenvalue weighted by Gasteiger charge is 2.23. The fourth-order valence-electron chi connectivity index (χ4n) is 2.62. The van der Waals surface area contributed by atoms with Crippen LogP contribution in [0.25, 0.3) is 0 Å². The Bertz CT molecular complexity index is 684. The lowest BCUT2D eigenvalue weighted by Crippen LogP contribution is -2.44. The van der Waals surface area contributed by atoms with Gasteiger partial charge in [0, 0.05) is 42.6 Å². The highest BCUT2D eigenvalue weighted by Crippen LogP contribution is 2.23. The summed E-state index contributed by atoms with van der Waals surface area (Å²) < 4.78 is 22.4. The van der Waals surface area contributed by atoms with Crippen LogP contribution in [0.1, 0.15) is 13.3 Å². The molecular formula is C16H26ClIN4O2S. The van der Waals surface area contributed by atoms with Crippen molar-refractivity contribution in [3.05, 3.63) is 29.3 Å². The molecule has 1 aromatic carbocycles. The first kappa shape index (κ1) is 22.3. The molecule has 142 valence electrons. The molecule has 0 aliphatic carbocycles. The van der Waals surface area contributed by atoms with E-state index in [0.29, 0.717) is 5.96 Å². The third-order valence-corrected chi connectivity index (χ3v) is 4.94. The van der Waals surface area contributed by atoms with Gasteiger partial charge in [-0.2, -0.15) is 0 Å². The Balaban J connectivity index is 0.00000312. The Kier molecular flexibility index (Phi) is 9.29. The number of nitrogens with one attached hydrogen (secondary N) is 2. The van der Waals surface area contributed by atoms with Crippen LogP contribution in [-0.4, -0.2) is 58.6 Å². The summed E-state index contributed by atoms with van der Waals surface area (Å²) >= 11 is 6.06. The molecule has 1 aromatic rings. The van der Waals surface area contributed by atoms with E-state index in [2.05, 4.69) is 26.6 Å². The van der Waals surface area contributed by atoms with E-state index < -0.39 is 9.84 Å². The molecular weight excluding hydrogens is 475 g/mol. The summed E-state index contributed by atoms with van der Waals surface area (Å²) in [5.41, 5.74) is 1.12. The van der Waals surface area contributed by atoms with Gasteiger partial charge >= 0.3 is 0 Å². The Labute approximate surface area is 172 Å². The average Bonchev–Trinajstić information content (AvgIpc) is 2.94. The van der Waals surface area contributed by atoms with Crippen molar-refractivity contribution < 1.29 is 8.42 Å². The van der Waals surface area contributed by atoms with Gasteiger partial charge in [0.15, 0.2) is 5.96 Å². The number of hydrogen-bond acceptors (Lipinski definition) is 4. The van der Waals surface area contributed by atoms with E-state index in [1.54, 1.807) is 0 Å². The minimum atomic E-state index is -2.99. The molecule has 0 bridgehead atoms. The summed E-state index contributed by atoms with van der Waals surface area (Å²) in [6.45, 7) is 4.78. The minimum Gasteiger partial charge on any atom is -0.369 e. The van der Waals surface area contributed by atoms with Crippen LogP contribution in [0.2, 0.25) is 5.02 Å². The van der Waals surface area contributed by atoms with Gasteiger partial charge in [0.25, 0.3) is 0 Å². The van der Waals surface area contributed by atoms with Crippen molar-refractivity contribution in [2.24, 2.45) is 4.99 Å². The van der Waals surface area contributed by atoms with Crippen molar-refractivity contribution >= 4 is 57.1 Å². The maximum atomic E-state index is 11.2. The molecule has 1 saturated heterocycles. The van der Waals surface area contributed by atoms with E-state index in [1.807, 2.05) is 25.1 Å². The second kappa shape index (κ2) is 10.4. The van der Waals surface area contributed by atoms with Crippen LogP contribution in [0.5, 0.6) is 0 Å². The first-order valence-electron chi connectivity index (χ1n) is 8.10. The quantitative estimate of drug-likeness (QED) is 0.356. The molecule has 0 amide bonds. The zero-order valence-electron chi connectivity index (χ0n) is 14.5. The van der Waals surface area contributed by atoms with Gasteiger partial charge in [-0.05, 0) is 31.5 Å². The van der Waals surface area contributed by atoms with Crippen LogP contribution >= 0.6 is 35.6 Å². The molecule has 1 atom stereocenters. The topological polar surface area (TPSA) is 73.8 Å². The zero-order chi connectivity index (χ0) is 17.6. The van der Waals surface area contributed by atoms with E-state index in [-0.39, 0.29) is 42.3 Å². The van der Waals surface area contributed by atoms with E-state index >= 15 is 0 Å². The summed E-state index contributed by atoms with van der Waals surface area (Å²) in [7, 11) is -2.99. The highest BCUT2D eigenvalue weighted by atomic mass is 127. The molecule has 2 N–H and O–H groups in total. The number of rotatable bonds is 6. The first-order chi connectivity index (χ1) is 11.4. The van der Waals surface area contributed by atoms with Crippen LogP contribution in [0.4, 0.5) is 5.69 Å². The third-order valence-electron chi connectivity index (χ3n) is 3.78. The second-order valence-electron chi connectivity index (χ2n) is 5.95. The minimum absolute atomic E-state index is 0. The molecule has 0 radical (unpaired) electrons. The lowest BCUT2D eigenvalue weighted by atomic mass is 10.3. The molecule has 1 heterocycles. The number of benzene rings is 1. The maximum absolute atomic E-state index is 11.2. The molecule has 25 heavy (non-hydrogen) atoms. The molecule has 9 heteroatoms. The van der Waals surface area contributed by atoms with Gasteiger partial charge in [0.05, 0.1) is 12.3 Å². The van der Waals surface area contributed by atoms with Crippen molar-refractivity contribution in [2.75, 3.05) is 43.1 Å². The molecule has 0 aromatic heterocycles.